The van der Waals surface area contributed by atoms with Gasteiger partial charge in [-0.3, -0.25) is 4.79 Å². The van der Waals surface area contributed by atoms with Crippen molar-refractivity contribution in [1.82, 2.24) is 4.98 Å². The summed E-state index contributed by atoms with van der Waals surface area (Å²) < 4.78 is 13.7. The first-order chi connectivity index (χ1) is 8.16. The van der Waals surface area contributed by atoms with E-state index < -0.39 is 5.82 Å². The Morgan fingerprint density at radius 2 is 2.18 bits per heavy atom. The van der Waals surface area contributed by atoms with Crippen molar-refractivity contribution >= 4 is 22.3 Å². The maximum absolute atomic E-state index is 13.7. The number of thiazole rings is 1. The van der Waals surface area contributed by atoms with Crippen molar-refractivity contribution in [3.8, 4) is 0 Å². The Balaban J connectivity index is 2.24. The molecule has 0 amide bonds. The summed E-state index contributed by atoms with van der Waals surface area (Å²) in [6.45, 7) is 0. The Morgan fingerprint density at radius 1 is 1.35 bits per heavy atom. The average molecular weight is 248 g/mol. The molecule has 0 radical (unpaired) electrons. The van der Waals surface area contributed by atoms with E-state index in [-0.39, 0.29) is 11.3 Å². The molecule has 2 N–H and O–H groups in total. The topological polar surface area (TPSA) is 56.0 Å². The van der Waals surface area contributed by atoms with Crippen LogP contribution in [-0.2, 0) is 12.8 Å². The summed E-state index contributed by atoms with van der Waals surface area (Å²) in [5, 5.41) is 0.364. The highest BCUT2D eigenvalue weighted by molar-refractivity contribution is 7.17. The number of rotatable bonds is 0. The second kappa shape index (κ2) is 3.63. The molecule has 17 heavy (non-hydrogen) atoms. The number of hydrogen-bond acceptors (Lipinski definition) is 4. The predicted octanol–water partition coefficient (Wildman–Crippen LogP) is 2.19. The van der Waals surface area contributed by atoms with Gasteiger partial charge in [-0.15, -0.1) is 0 Å². The highest BCUT2D eigenvalue weighted by atomic mass is 32.1. The van der Waals surface area contributed by atoms with Gasteiger partial charge >= 0.3 is 0 Å². The number of nitrogen functional groups attached to an aromatic ring is 1. The third-order valence-corrected chi connectivity index (χ3v) is 3.80. The van der Waals surface area contributed by atoms with Crippen LogP contribution in [0.2, 0.25) is 0 Å². The number of hydrogen-bond donors (Lipinski definition) is 1. The largest absolute Gasteiger partial charge is 0.375 e. The normalized spacial score (nSPS) is 14.1. The molecule has 86 valence electrons. The SMILES string of the molecule is Nc1nc2c(s1)C(=O)c1c(F)cccc1CC2. The Kier molecular flexibility index (Phi) is 2.22. The highest BCUT2D eigenvalue weighted by Crippen LogP contribution is 2.30. The summed E-state index contributed by atoms with van der Waals surface area (Å²) in [5.41, 5.74) is 7.20. The highest BCUT2D eigenvalue weighted by Gasteiger charge is 2.26. The first-order valence-corrected chi connectivity index (χ1v) is 6.05. The molecule has 3 nitrogen and oxygen atoms in total. The number of benzene rings is 1. The van der Waals surface area contributed by atoms with Crippen LogP contribution in [0.5, 0.6) is 0 Å². The molecule has 0 saturated carbocycles. The maximum Gasteiger partial charge on any atom is 0.208 e. The number of halogens is 1. The third-order valence-electron chi connectivity index (χ3n) is 2.88. The Labute approximate surface area is 101 Å². The lowest BCUT2D eigenvalue weighted by molar-refractivity contribution is 0.103. The average Bonchev–Trinajstić information content (AvgIpc) is 2.61. The van der Waals surface area contributed by atoms with Gasteiger partial charge in [-0.1, -0.05) is 23.5 Å². The summed E-state index contributed by atoms with van der Waals surface area (Å²) in [6.07, 6.45) is 1.25. The molecule has 5 heteroatoms. The smallest absolute Gasteiger partial charge is 0.208 e. The number of nitrogens with zero attached hydrogens (tertiary/aromatic N) is 1. The number of anilines is 1. The van der Waals surface area contributed by atoms with Gasteiger partial charge in [-0.25, -0.2) is 9.37 Å². The van der Waals surface area contributed by atoms with Crippen LogP contribution in [0.1, 0.15) is 26.5 Å². The second-order valence-corrected chi connectivity index (χ2v) is 4.96. The summed E-state index contributed by atoms with van der Waals surface area (Å²) >= 11 is 1.13. The van der Waals surface area contributed by atoms with Crippen LogP contribution >= 0.6 is 11.3 Å². The molecule has 1 aliphatic carbocycles. The molecular weight excluding hydrogens is 239 g/mol. The van der Waals surface area contributed by atoms with Gasteiger partial charge in [0.25, 0.3) is 0 Å². The number of nitrogens with two attached hydrogens (primary N) is 1. The summed E-state index contributed by atoms with van der Waals surface area (Å²) in [5.74, 6) is -0.757. The summed E-state index contributed by atoms with van der Waals surface area (Å²) in [6, 6.07) is 4.73. The lowest BCUT2D eigenvalue weighted by Gasteiger charge is -2.04. The summed E-state index contributed by atoms with van der Waals surface area (Å²) in [7, 11) is 0. The molecule has 1 aromatic carbocycles. The molecule has 0 unspecified atom stereocenters. The van der Waals surface area contributed by atoms with Crippen molar-refractivity contribution in [2.24, 2.45) is 0 Å². The van der Waals surface area contributed by atoms with Crippen LogP contribution in [0.15, 0.2) is 18.2 Å². The fourth-order valence-corrected chi connectivity index (χ4v) is 2.94. The zero-order chi connectivity index (χ0) is 12.0. The van der Waals surface area contributed by atoms with Gasteiger partial charge in [-0.05, 0) is 24.5 Å². The minimum Gasteiger partial charge on any atom is -0.375 e. The first kappa shape index (κ1) is 10.4. The maximum atomic E-state index is 13.7. The van der Waals surface area contributed by atoms with Gasteiger partial charge in [0.05, 0.1) is 11.3 Å². The van der Waals surface area contributed by atoms with Gasteiger partial charge in [0.2, 0.25) is 5.78 Å². The van der Waals surface area contributed by atoms with E-state index in [0.29, 0.717) is 28.5 Å². The quantitative estimate of drug-likeness (QED) is 0.777. The van der Waals surface area contributed by atoms with E-state index in [4.69, 9.17) is 5.73 Å². The van der Waals surface area contributed by atoms with Crippen LogP contribution in [0, 0.1) is 5.82 Å². The van der Waals surface area contributed by atoms with Gasteiger partial charge in [0.1, 0.15) is 10.7 Å². The second-order valence-electron chi connectivity index (χ2n) is 3.93. The number of aromatic nitrogens is 1. The third kappa shape index (κ3) is 1.54. The molecular formula is C12H9FN2OS. The van der Waals surface area contributed by atoms with Gasteiger partial charge in [-0.2, -0.15) is 0 Å². The van der Waals surface area contributed by atoms with E-state index in [2.05, 4.69) is 4.98 Å². The zero-order valence-corrected chi connectivity index (χ0v) is 9.68. The lowest BCUT2D eigenvalue weighted by Crippen LogP contribution is -2.05. The molecule has 0 saturated heterocycles. The molecule has 0 atom stereocenters. The van der Waals surface area contributed by atoms with Crippen molar-refractivity contribution in [3.05, 3.63) is 45.7 Å². The van der Waals surface area contributed by atoms with E-state index in [9.17, 15) is 9.18 Å². The number of aryl methyl sites for hydroxylation is 2. The number of ketones is 1. The van der Waals surface area contributed by atoms with Crippen molar-refractivity contribution in [3.63, 3.8) is 0 Å². The molecule has 2 aromatic rings. The Bertz CT molecular complexity index is 621. The minimum atomic E-state index is -0.465. The molecule has 1 aliphatic rings. The van der Waals surface area contributed by atoms with Gasteiger partial charge in [0, 0.05) is 0 Å². The van der Waals surface area contributed by atoms with Crippen LogP contribution in [0.25, 0.3) is 0 Å². The summed E-state index contributed by atoms with van der Waals surface area (Å²) in [4.78, 5) is 16.8. The number of carbonyl (C=O) groups excluding carboxylic acids is 1. The van der Waals surface area contributed by atoms with Crippen molar-refractivity contribution < 1.29 is 9.18 Å². The van der Waals surface area contributed by atoms with Crippen molar-refractivity contribution in [2.45, 2.75) is 12.8 Å². The Morgan fingerprint density at radius 3 is 3.00 bits per heavy atom. The molecule has 3 rings (SSSR count). The number of fused-ring (bicyclic) bond motifs is 2. The van der Waals surface area contributed by atoms with Crippen LogP contribution in [0.3, 0.4) is 0 Å². The van der Waals surface area contributed by atoms with Gasteiger partial charge < -0.3 is 5.73 Å². The van der Waals surface area contributed by atoms with Crippen LogP contribution in [-0.4, -0.2) is 10.8 Å². The zero-order valence-electron chi connectivity index (χ0n) is 8.87. The molecule has 0 spiro atoms. The molecule has 0 fully saturated rings. The molecule has 0 aliphatic heterocycles. The molecule has 0 bridgehead atoms. The minimum absolute atomic E-state index is 0.176. The van der Waals surface area contributed by atoms with Crippen LogP contribution < -0.4 is 5.73 Å². The fourth-order valence-electron chi connectivity index (χ4n) is 2.11. The predicted molar refractivity (Wildman–Crippen MR) is 63.8 cm³/mol. The Hall–Kier alpha value is -1.75. The van der Waals surface area contributed by atoms with Crippen molar-refractivity contribution in [1.29, 1.82) is 0 Å². The van der Waals surface area contributed by atoms with Gasteiger partial charge in [0.15, 0.2) is 5.13 Å². The lowest BCUT2D eigenvalue weighted by atomic mass is 10.0. The van der Waals surface area contributed by atoms with Crippen molar-refractivity contribution in [2.75, 3.05) is 5.73 Å². The van der Waals surface area contributed by atoms with E-state index in [1.165, 1.54) is 6.07 Å². The van der Waals surface area contributed by atoms with E-state index in [1.807, 2.05) is 0 Å². The van der Waals surface area contributed by atoms with Crippen LogP contribution in [0.4, 0.5) is 9.52 Å². The standard InChI is InChI=1S/C12H9FN2OS/c13-7-3-1-2-6-4-5-8-11(10(16)9(6)7)17-12(14)15-8/h1-3H,4-5H2,(H2,14,15). The van der Waals surface area contributed by atoms with E-state index in [1.54, 1.807) is 12.1 Å². The number of carbonyl (C=O) groups is 1. The molecule has 1 aromatic heterocycles. The first-order valence-electron chi connectivity index (χ1n) is 5.24. The molecule has 1 heterocycles. The fraction of sp³-hybridized carbons (Fsp3) is 0.167. The van der Waals surface area contributed by atoms with E-state index in [0.717, 1.165) is 16.9 Å². The monoisotopic (exact) mass is 248 g/mol. The van der Waals surface area contributed by atoms with E-state index >= 15 is 0 Å².